The molecule has 0 saturated heterocycles. The summed E-state index contributed by atoms with van der Waals surface area (Å²) in [6.45, 7) is 4.64. The zero-order valence-corrected chi connectivity index (χ0v) is 13.2. The zero-order chi connectivity index (χ0) is 15.1. The van der Waals surface area contributed by atoms with Gasteiger partial charge >= 0.3 is 0 Å². The van der Waals surface area contributed by atoms with Crippen LogP contribution < -0.4 is 10.1 Å². The Morgan fingerprint density at radius 3 is 2.90 bits per heavy atom. The van der Waals surface area contributed by atoms with Crippen LogP contribution in [0.15, 0.2) is 29.6 Å². The Labute approximate surface area is 129 Å². The van der Waals surface area contributed by atoms with Gasteiger partial charge in [-0.3, -0.25) is 4.79 Å². The normalized spacial score (nSPS) is 10.4. The molecule has 0 unspecified atom stereocenters. The molecule has 4 nitrogen and oxygen atoms in total. The second kappa shape index (κ2) is 7.78. The van der Waals surface area contributed by atoms with E-state index in [0.29, 0.717) is 18.2 Å². The number of nitrogens with zero attached hydrogens (tertiary/aromatic N) is 1. The van der Waals surface area contributed by atoms with Crippen molar-refractivity contribution in [3.63, 3.8) is 0 Å². The molecule has 0 radical (unpaired) electrons. The first-order valence-electron chi connectivity index (χ1n) is 7.22. The first-order chi connectivity index (χ1) is 10.2. The molecule has 2 rings (SSSR count). The van der Waals surface area contributed by atoms with E-state index in [2.05, 4.69) is 17.2 Å². The number of amides is 1. The summed E-state index contributed by atoms with van der Waals surface area (Å²) < 4.78 is 5.61. The molecule has 0 saturated carbocycles. The van der Waals surface area contributed by atoms with E-state index in [9.17, 15) is 4.79 Å². The lowest BCUT2D eigenvalue weighted by Crippen LogP contribution is -2.10. The minimum Gasteiger partial charge on any atom is -0.493 e. The van der Waals surface area contributed by atoms with Crippen molar-refractivity contribution in [3.05, 3.63) is 29.6 Å². The lowest BCUT2D eigenvalue weighted by Gasteiger charge is -2.07. The molecule has 1 heterocycles. The van der Waals surface area contributed by atoms with Gasteiger partial charge in [0.05, 0.1) is 12.3 Å². The van der Waals surface area contributed by atoms with Crippen molar-refractivity contribution in [2.24, 2.45) is 0 Å². The third-order valence-corrected chi connectivity index (χ3v) is 3.73. The maximum Gasteiger partial charge on any atom is 0.226 e. The Kier molecular flexibility index (Phi) is 5.75. The second-order valence-corrected chi connectivity index (χ2v) is 5.48. The van der Waals surface area contributed by atoms with Crippen LogP contribution in [0.5, 0.6) is 5.75 Å². The molecule has 0 bridgehead atoms. The third-order valence-electron chi connectivity index (χ3n) is 2.97. The van der Waals surface area contributed by atoms with Crippen molar-refractivity contribution in [1.29, 1.82) is 0 Å². The zero-order valence-electron chi connectivity index (χ0n) is 12.4. The van der Waals surface area contributed by atoms with Gasteiger partial charge in [0, 0.05) is 17.4 Å². The minimum absolute atomic E-state index is 0.0239. The molecule has 1 aromatic carbocycles. The molecular weight excluding hydrogens is 284 g/mol. The van der Waals surface area contributed by atoms with Gasteiger partial charge in [-0.25, -0.2) is 4.98 Å². The topological polar surface area (TPSA) is 51.2 Å². The number of rotatable bonds is 7. The summed E-state index contributed by atoms with van der Waals surface area (Å²) in [4.78, 5) is 16.2. The van der Waals surface area contributed by atoms with Crippen LogP contribution in [0.1, 0.15) is 33.1 Å². The van der Waals surface area contributed by atoms with Gasteiger partial charge in [0.1, 0.15) is 5.75 Å². The van der Waals surface area contributed by atoms with Crippen LogP contribution in [-0.4, -0.2) is 17.5 Å². The number of nitrogens with one attached hydrogen (secondary N) is 1. The average molecular weight is 304 g/mol. The number of hydrogen-bond donors (Lipinski definition) is 1. The largest absolute Gasteiger partial charge is 0.493 e. The summed E-state index contributed by atoms with van der Waals surface area (Å²) in [7, 11) is 0. The maximum atomic E-state index is 11.7. The van der Waals surface area contributed by atoms with Gasteiger partial charge in [-0.2, -0.15) is 0 Å². The number of hydrogen-bond acceptors (Lipinski definition) is 4. The van der Waals surface area contributed by atoms with Crippen LogP contribution in [0.25, 0.3) is 11.3 Å². The van der Waals surface area contributed by atoms with Crippen molar-refractivity contribution in [2.45, 2.75) is 33.1 Å². The Bertz CT molecular complexity index is 595. The van der Waals surface area contributed by atoms with Gasteiger partial charge in [-0.15, -0.1) is 11.3 Å². The number of ether oxygens (including phenoxy) is 1. The van der Waals surface area contributed by atoms with E-state index >= 15 is 0 Å². The first kappa shape index (κ1) is 15.5. The number of unbranched alkanes of at least 4 members (excludes halogenated alkanes) is 1. The Morgan fingerprint density at radius 2 is 2.14 bits per heavy atom. The van der Waals surface area contributed by atoms with Crippen LogP contribution in [-0.2, 0) is 4.79 Å². The lowest BCUT2D eigenvalue weighted by atomic mass is 10.1. The van der Waals surface area contributed by atoms with Gasteiger partial charge in [0.15, 0.2) is 5.13 Å². The summed E-state index contributed by atoms with van der Waals surface area (Å²) in [6, 6.07) is 7.80. The van der Waals surface area contributed by atoms with E-state index < -0.39 is 0 Å². The van der Waals surface area contributed by atoms with E-state index in [-0.39, 0.29) is 5.91 Å². The fraction of sp³-hybridized carbons (Fsp3) is 0.375. The summed E-state index contributed by atoms with van der Waals surface area (Å²) >= 11 is 1.43. The van der Waals surface area contributed by atoms with Crippen LogP contribution >= 0.6 is 11.3 Å². The highest BCUT2D eigenvalue weighted by molar-refractivity contribution is 7.14. The second-order valence-electron chi connectivity index (χ2n) is 4.62. The molecule has 1 amide bonds. The molecule has 0 atom stereocenters. The molecule has 5 heteroatoms. The smallest absolute Gasteiger partial charge is 0.226 e. The lowest BCUT2D eigenvalue weighted by molar-refractivity contribution is -0.116. The average Bonchev–Trinajstić information content (AvgIpc) is 2.94. The fourth-order valence-corrected chi connectivity index (χ4v) is 2.66. The number of carbonyl (C=O) groups is 1. The number of carbonyl (C=O) groups excluding carboxylic acids is 1. The number of benzene rings is 1. The van der Waals surface area contributed by atoms with E-state index in [4.69, 9.17) is 4.74 Å². The molecular formula is C16H20N2O2S. The highest BCUT2D eigenvalue weighted by atomic mass is 32.1. The van der Waals surface area contributed by atoms with Crippen molar-refractivity contribution >= 4 is 22.4 Å². The summed E-state index contributed by atoms with van der Waals surface area (Å²) in [5, 5.41) is 5.42. The van der Waals surface area contributed by atoms with E-state index in [1.54, 1.807) is 0 Å². The highest BCUT2D eigenvalue weighted by Crippen LogP contribution is 2.32. The fourth-order valence-electron chi connectivity index (χ4n) is 1.93. The molecule has 0 fully saturated rings. The molecule has 1 N–H and O–H groups in total. The standard InChI is InChI=1S/C16H20N2O2S/c1-3-5-10-15(19)18-16-17-13(11-21-16)12-8-6-7-9-14(12)20-4-2/h6-9,11H,3-5,10H2,1-2H3,(H,17,18,19). The number of aromatic nitrogens is 1. The first-order valence-corrected chi connectivity index (χ1v) is 8.10. The van der Waals surface area contributed by atoms with Crippen molar-refractivity contribution in [3.8, 4) is 17.0 Å². The Hall–Kier alpha value is -1.88. The molecule has 0 aliphatic carbocycles. The van der Waals surface area contributed by atoms with Crippen molar-refractivity contribution < 1.29 is 9.53 Å². The number of para-hydroxylation sites is 1. The Morgan fingerprint density at radius 1 is 1.33 bits per heavy atom. The van der Waals surface area contributed by atoms with E-state index in [1.165, 1.54) is 11.3 Å². The number of thiazole rings is 1. The maximum absolute atomic E-state index is 11.7. The van der Waals surface area contributed by atoms with Crippen LogP contribution in [0.2, 0.25) is 0 Å². The monoisotopic (exact) mass is 304 g/mol. The van der Waals surface area contributed by atoms with Gasteiger partial charge in [0.2, 0.25) is 5.91 Å². The van der Waals surface area contributed by atoms with Gasteiger partial charge in [0.25, 0.3) is 0 Å². The molecule has 21 heavy (non-hydrogen) atoms. The van der Waals surface area contributed by atoms with Gasteiger partial charge < -0.3 is 10.1 Å². The molecule has 2 aromatic rings. The SMILES string of the molecule is CCCCC(=O)Nc1nc(-c2ccccc2OCC)cs1. The molecule has 112 valence electrons. The predicted molar refractivity (Wildman–Crippen MR) is 86.9 cm³/mol. The van der Waals surface area contributed by atoms with Crippen LogP contribution in [0.4, 0.5) is 5.13 Å². The minimum atomic E-state index is 0.0239. The molecule has 0 spiro atoms. The van der Waals surface area contributed by atoms with E-state index in [0.717, 1.165) is 29.8 Å². The summed E-state index contributed by atoms with van der Waals surface area (Å²) in [5.74, 6) is 0.838. The molecule has 0 aliphatic rings. The van der Waals surface area contributed by atoms with Crippen molar-refractivity contribution in [2.75, 3.05) is 11.9 Å². The third kappa shape index (κ3) is 4.29. The van der Waals surface area contributed by atoms with Gasteiger partial charge in [-0.05, 0) is 25.5 Å². The van der Waals surface area contributed by atoms with Crippen molar-refractivity contribution in [1.82, 2.24) is 4.98 Å². The number of anilines is 1. The Balaban J connectivity index is 2.11. The quantitative estimate of drug-likeness (QED) is 0.828. The molecule has 0 aliphatic heterocycles. The molecule has 1 aromatic heterocycles. The van der Waals surface area contributed by atoms with Crippen LogP contribution in [0.3, 0.4) is 0 Å². The van der Waals surface area contributed by atoms with Gasteiger partial charge in [-0.1, -0.05) is 25.5 Å². The van der Waals surface area contributed by atoms with Crippen LogP contribution in [0, 0.1) is 0 Å². The predicted octanol–water partition coefficient (Wildman–Crippen LogP) is 4.34. The highest BCUT2D eigenvalue weighted by Gasteiger charge is 2.11. The summed E-state index contributed by atoms with van der Waals surface area (Å²) in [6.07, 6.45) is 2.45. The van der Waals surface area contributed by atoms with E-state index in [1.807, 2.05) is 36.6 Å². The summed E-state index contributed by atoms with van der Waals surface area (Å²) in [5.41, 5.74) is 1.78.